The molecule has 6 nitrogen and oxygen atoms in total. The highest BCUT2D eigenvalue weighted by Gasteiger charge is 2.03. The summed E-state index contributed by atoms with van der Waals surface area (Å²) in [5, 5.41) is 15.6. The quantitative estimate of drug-likeness (QED) is 0.821. The number of nitrogens with zero attached hydrogens (tertiary/aromatic N) is 5. The molecule has 0 spiro atoms. The van der Waals surface area contributed by atoms with Crippen molar-refractivity contribution in [2.75, 3.05) is 0 Å². The van der Waals surface area contributed by atoms with Crippen molar-refractivity contribution in [1.82, 2.24) is 30.1 Å². The normalized spacial score (nSPS) is 11.3. The van der Waals surface area contributed by atoms with Crippen LogP contribution in [0.5, 0.6) is 0 Å². The van der Waals surface area contributed by atoms with E-state index in [1.54, 1.807) is 4.68 Å². The Hall–Kier alpha value is -1.69. The largest absolute Gasteiger partial charge is 0.310 e. The Morgan fingerprint density at radius 1 is 1.35 bits per heavy atom. The first kappa shape index (κ1) is 11.8. The molecule has 0 fully saturated rings. The summed E-state index contributed by atoms with van der Waals surface area (Å²) < 4.78 is 3.57. The summed E-state index contributed by atoms with van der Waals surface area (Å²) in [7, 11) is 1.86. The van der Waals surface area contributed by atoms with Crippen molar-refractivity contribution >= 4 is 0 Å². The summed E-state index contributed by atoms with van der Waals surface area (Å²) in [5.41, 5.74) is 2.10. The summed E-state index contributed by atoms with van der Waals surface area (Å²) in [4.78, 5) is 0. The van der Waals surface area contributed by atoms with Crippen molar-refractivity contribution in [1.29, 1.82) is 0 Å². The van der Waals surface area contributed by atoms with E-state index in [0.29, 0.717) is 12.6 Å². The van der Waals surface area contributed by atoms with Gasteiger partial charge in [-0.05, 0) is 0 Å². The van der Waals surface area contributed by atoms with E-state index in [4.69, 9.17) is 0 Å². The number of hydrogen-bond acceptors (Lipinski definition) is 4. The van der Waals surface area contributed by atoms with Crippen LogP contribution in [-0.4, -0.2) is 30.8 Å². The van der Waals surface area contributed by atoms with E-state index >= 15 is 0 Å². The first-order valence-corrected chi connectivity index (χ1v) is 5.73. The molecule has 0 aliphatic rings. The number of aromatic nitrogens is 5. The molecule has 0 saturated carbocycles. The maximum absolute atomic E-state index is 4.30. The molecule has 0 aliphatic heterocycles. The van der Waals surface area contributed by atoms with Gasteiger partial charge in [-0.2, -0.15) is 5.10 Å². The van der Waals surface area contributed by atoms with Crippen molar-refractivity contribution in [3.05, 3.63) is 29.8 Å². The fourth-order valence-corrected chi connectivity index (χ4v) is 1.54. The average molecular weight is 234 g/mol. The first-order chi connectivity index (χ1) is 8.13. The van der Waals surface area contributed by atoms with Gasteiger partial charge in [0, 0.05) is 37.6 Å². The minimum absolute atomic E-state index is 0.485. The van der Waals surface area contributed by atoms with Crippen LogP contribution in [0, 0.1) is 0 Å². The topological polar surface area (TPSA) is 60.6 Å². The molecule has 0 amide bonds. The second kappa shape index (κ2) is 5.09. The van der Waals surface area contributed by atoms with Crippen LogP contribution < -0.4 is 5.32 Å². The predicted molar refractivity (Wildman–Crippen MR) is 64.3 cm³/mol. The molecule has 17 heavy (non-hydrogen) atoms. The van der Waals surface area contributed by atoms with Gasteiger partial charge in [0.05, 0.1) is 12.7 Å². The van der Waals surface area contributed by atoms with Crippen LogP contribution >= 0.6 is 0 Å². The van der Waals surface area contributed by atoms with Gasteiger partial charge in [0.1, 0.15) is 5.69 Å². The molecule has 2 aromatic rings. The lowest BCUT2D eigenvalue weighted by atomic mass is 10.3. The minimum Gasteiger partial charge on any atom is -0.310 e. The Kier molecular flexibility index (Phi) is 3.53. The zero-order chi connectivity index (χ0) is 12.3. The third-order valence-electron chi connectivity index (χ3n) is 2.38. The van der Waals surface area contributed by atoms with Crippen molar-refractivity contribution in [2.45, 2.75) is 33.0 Å². The van der Waals surface area contributed by atoms with Crippen LogP contribution in [-0.2, 0) is 20.1 Å². The van der Waals surface area contributed by atoms with Gasteiger partial charge < -0.3 is 5.32 Å². The SMILES string of the molecule is CC(C)NCc1cnn(Cc2cn(C)nn2)c1. The number of hydrogen-bond donors (Lipinski definition) is 1. The monoisotopic (exact) mass is 234 g/mol. The van der Waals surface area contributed by atoms with Crippen molar-refractivity contribution in [3.63, 3.8) is 0 Å². The van der Waals surface area contributed by atoms with E-state index in [9.17, 15) is 0 Å². The molecule has 0 atom stereocenters. The van der Waals surface area contributed by atoms with Gasteiger partial charge in [0.25, 0.3) is 0 Å². The fourth-order valence-electron chi connectivity index (χ4n) is 1.54. The molecule has 2 aromatic heterocycles. The number of rotatable bonds is 5. The van der Waals surface area contributed by atoms with Crippen LogP contribution in [0.1, 0.15) is 25.1 Å². The summed E-state index contributed by atoms with van der Waals surface area (Å²) in [5.74, 6) is 0. The van der Waals surface area contributed by atoms with Gasteiger partial charge in [-0.15, -0.1) is 5.10 Å². The molecular formula is C11H18N6. The van der Waals surface area contributed by atoms with Gasteiger partial charge in [-0.25, -0.2) is 0 Å². The highest BCUT2D eigenvalue weighted by atomic mass is 15.4. The van der Waals surface area contributed by atoms with E-state index in [1.165, 1.54) is 5.56 Å². The Balaban J connectivity index is 1.94. The zero-order valence-electron chi connectivity index (χ0n) is 10.5. The van der Waals surface area contributed by atoms with Crippen LogP contribution in [0.2, 0.25) is 0 Å². The van der Waals surface area contributed by atoms with Gasteiger partial charge in [-0.3, -0.25) is 9.36 Å². The second-order valence-corrected chi connectivity index (χ2v) is 4.47. The van der Waals surface area contributed by atoms with E-state index < -0.39 is 0 Å². The van der Waals surface area contributed by atoms with Gasteiger partial charge in [0.15, 0.2) is 0 Å². The minimum atomic E-state index is 0.485. The van der Waals surface area contributed by atoms with Crippen molar-refractivity contribution in [2.24, 2.45) is 7.05 Å². The second-order valence-electron chi connectivity index (χ2n) is 4.47. The summed E-state index contributed by atoms with van der Waals surface area (Å²) >= 11 is 0. The Bertz CT molecular complexity index is 470. The summed E-state index contributed by atoms with van der Waals surface area (Å²) in [6, 6.07) is 0.485. The first-order valence-electron chi connectivity index (χ1n) is 5.73. The molecule has 0 unspecified atom stereocenters. The Morgan fingerprint density at radius 2 is 2.18 bits per heavy atom. The lowest BCUT2D eigenvalue weighted by molar-refractivity contribution is 0.588. The molecule has 0 aliphatic carbocycles. The molecule has 0 bridgehead atoms. The fraction of sp³-hybridized carbons (Fsp3) is 0.545. The molecule has 6 heteroatoms. The number of nitrogens with one attached hydrogen (secondary N) is 1. The highest BCUT2D eigenvalue weighted by Crippen LogP contribution is 2.01. The Labute approximate surface area is 101 Å². The predicted octanol–water partition coefficient (Wildman–Crippen LogP) is 0.558. The molecule has 1 N–H and O–H groups in total. The highest BCUT2D eigenvalue weighted by molar-refractivity contribution is 5.05. The van der Waals surface area contributed by atoms with Gasteiger partial charge >= 0.3 is 0 Å². The molecule has 92 valence electrons. The molecule has 2 heterocycles. The molecule has 0 saturated heterocycles. The van der Waals surface area contributed by atoms with Crippen molar-refractivity contribution < 1.29 is 0 Å². The molecule has 2 rings (SSSR count). The lowest BCUT2D eigenvalue weighted by Crippen LogP contribution is -2.21. The maximum Gasteiger partial charge on any atom is 0.104 e. The van der Waals surface area contributed by atoms with E-state index in [2.05, 4.69) is 34.6 Å². The zero-order valence-corrected chi connectivity index (χ0v) is 10.5. The summed E-state index contributed by atoms with van der Waals surface area (Å²) in [6.07, 6.45) is 5.81. The number of aryl methyl sites for hydroxylation is 1. The third kappa shape index (κ3) is 3.39. The molecule has 0 aromatic carbocycles. The van der Waals surface area contributed by atoms with E-state index in [-0.39, 0.29) is 0 Å². The van der Waals surface area contributed by atoms with Crippen LogP contribution in [0.3, 0.4) is 0 Å². The lowest BCUT2D eigenvalue weighted by Gasteiger charge is -2.05. The van der Waals surface area contributed by atoms with E-state index in [1.807, 2.05) is 30.3 Å². The third-order valence-corrected chi connectivity index (χ3v) is 2.38. The van der Waals surface area contributed by atoms with Gasteiger partial charge in [-0.1, -0.05) is 19.1 Å². The van der Waals surface area contributed by atoms with Crippen LogP contribution in [0.15, 0.2) is 18.6 Å². The standard InChI is InChI=1S/C11H18N6/c1-9(2)12-4-10-5-13-17(6-10)8-11-7-16(3)15-14-11/h5-7,9,12H,4,8H2,1-3H3. The molecular weight excluding hydrogens is 216 g/mol. The van der Waals surface area contributed by atoms with Gasteiger partial charge in [0.2, 0.25) is 0 Å². The average Bonchev–Trinajstić information content (AvgIpc) is 2.86. The van der Waals surface area contributed by atoms with Crippen LogP contribution in [0.4, 0.5) is 0 Å². The molecule has 0 radical (unpaired) electrons. The van der Waals surface area contributed by atoms with E-state index in [0.717, 1.165) is 12.2 Å². The maximum atomic E-state index is 4.30. The van der Waals surface area contributed by atoms with Crippen molar-refractivity contribution in [3.8, 4) is 0 Å². The van der Waals surface area contributed by atoms with Crippen LogP contribution in [0.25, 0.3) is 0 Å². The Morgan fingerprint density at radius 3 is 2.82 bits per heavy atom. The smallest absolute Gasteiger partial charge is 0.104 e. The summed E-state index contributed by atoms with van der Waals surface area (Å²) in [6.45, 7) is 5.77.